The molecule has 0 aliphatic heterocycles. The van der Waals surface area contributed by atoms with Gasteiger partial charge in [-0.2, -0.15) is 4.98 Å². The zero-order valence-electron chi connectivity index (χ0n) is 7.42. The van der Waals surface area contributed by atoms with Crippen LogP contribution in [0.5, 0.6) is 0 Å². The predicted octanol–water partition coefficient (Wildman–Crippen LogP) is 0.577. The molecule has 1 aromatic heterocycles. The quantitative estimate of drug-likeness (QED) is 0.562. The third-order valence-electron chi connectivity index (χ3n) is 2.58. The van der Waals surface area contributed by atoms with E-state index in [2.05, 4.69) is 4.98 Å². The summed E-state index contributed by atoms with van der Waals surface area (Å²) in [7, 11) is 1.80. The molecule has 3 nitrogen and oxygen atoms in total. The number of rotatable bonds is 0. The Balaban J connectivity index is 2.78. The minimum absolute atomic E-state index is 0.117. The van der Waals surface area contributed by atoms with Gasteiger partial charge in [-0.05, 0) is 31.7 Å². The lowest BCUT2D eigenvalue weighted by atomic mass is 10.2. The highest BCUT2D eigenvalue weighted by Crippen LogP contribution is 2.21. The normalized spacial score (nSPS) is 14.8. The molecule has 0 bridgehead atoms. The van der Waals surface area contributed by atoms with Crippen molar-refractivity contribution in [1.82, 2.24) is 9.55 Å². The zero-order chi connectivity index (χ0) is 8.72. The summed E-state index contributed by atoms with van der Waals surface area (Å²) in [6.07, 6.45) is 3.28. The first kappa shape index (κ1) is 7.53. The molecule has 0 N–H and O–H groups in total. The maximum absolute atomic E-state index is 11.3. The van der Waals surface area contributed by atoms with Gasteiger partial charge < -0.3 is 0 Å². The Bertz CT molecular complexity index is 379. The van der Waals surface area contributed by atoms with E-state index in [1.54, 1.807) is 11.6 Å². The minimum Gasteiger partial charge on any atom is -0.299 e. The Morgan fingerprint density at radius 1 is 1.42 bits per heavy atom. The van der Waals surface area contributed by atoms with Crippen LogP contribution in [-0.4, -0.2) is 9.55 Å². The zero-order valence-corrected chi connectivity index (χ0v) is 7.42. The Hall–Kier alpha value is -1.12. The fraction of sp³-hybridized carbons (Fsp3) is 0.556. The molecule has 1 aliphatic carbocycles. The van der Waals surface area contributed by atoms with E-state index in [-0.39, 0.29) is 5.69 Å². The summed E-state index contributed by atoms with van der Waals surface area (Å²) in [5.74, 6) is 0. The molecule has 0 spiro atoms. The second kappa shape index (κ2) is 2.44. The number of hydrogen-bond acceptors (Lipinski definition) is 2. The molecule has 64 valence electrons. The highest BCUT2D eigenvalue weighted by Gasteiger charge is 2.17. The Morgan fingerprint density at radius 3 is 2.92 bits per heavy atom. The van der Waals surface area contributed by atoms with E-state index in [9.17, 15) is 4.79 Å². The molecule has 0 radical (unpaired) electrons. The van der Waals surface area contributed by atoms with Crippen LogP contribution in [0.15, 0.2) is 4.79 Å². The molecule has 2 rings (SSSR count). The number of fused-ring (bicyclic) bond motifs is 1. The van der Waals surface area contributed by atoms with Crippen LogP contribution in [0.25, 0.3) is 0 Å². The van der Waals surface area contributed by atoms with E-state index in [4.69, 9.17) is 0 Å². The second-order valence-electron chi connectivity index (χ2n) is 3.32. The van der Waals surface area contributed by atoms with E-state index in [0.717, 1.165) is 25.0 Å². The van der Waals surface area contributed by atoms with Gasteiger partial charge in [-0.25, -0.2) is 4.79 Å². The summed E-state index contributed by atoms with van der Waals surface area (Å²) < 4.78 is 1.68. The lowest BCUT2D eigenvalue weighted by Gasteiger charge is -2.06. The standard InChI is InChI=1S/C9H12N2O/c1-6-7-4-3-5-8(7)11(2)9(12)10-6/h3-5H2,1-2H3. The van der Waals surface area contributed by atoms with Crippen molar-refractivity contribution >= 4 is 0 Å². The van der Waals surface area contributed by atoms with Crippen molar-refractivity contribution < 1.29 is 0 Å². The molecule has 3 heteroatoms. The minimum atomic E-state index is -0.117. The predicted molar refractivity (Wildman–Crippen MR) is 46.2 cm³/mol. The van der Waals surface area contributed by atoms with Crippen molar-refractivity contribution in [3.05, 3.63) is 27.4 Å². The van der Waals surface area contributed by atoms with Gasteiger partial charge in [-0.1, -0.05) is 0 Å². The van der Waals surface area contributed by atoms with Crippen LogP contribution in [0.1, 0.15) is 23.4 Å². The molecule has 0 unspecified atom stereocenters. The average molecular weight is 164 g/mol. The van der Waals surface area contributed by atoms with Crippen LogP contribution in [0.4, 0.5) is 0 Å². The third-order valence-corrected chi connectivity index (χ3v) is 2.58. The summed E-state index contributed by atoms with van der Waals surface area (Å²) >= 11 is 0. The molecule has 0 saturated carbocycles. The van der Waals surface area contributed by atoms with Gasteiger partial charge in [-0.15, -0.1) is 0 Å². The van der Waals surface area contributed by atoms with Crippen molar-refractivity contribution in [3.63, 3.8) is 0 Å². The number of aromatic nitrogens is 2. The summed E-state index contributed by atoms with van der Waals surface area (Å²) in [4.78, 5) is 15.2. The van der Waals surface area contributed by atoms with Crippen molar-refractivity contribution in [3.8, 4) is 0 Å². The largest absolute Gasteiger partial charge is 0.347 e. The molecule has 0 amide bonds. The van der Waals surface area contributed by atoms with Crippen LogP contribution in [-0.2, 0) is 19.9 Å². The monoisotopic (exact) mass is 164 g/mol. The maximum Gasteiger partial charge on any atom is 0.347 e. The van der Waals surface area contributed by atoms with Crippen LogP contribution in [0, 0.1) is 6.92 Å². The molecule has 0 atom stereocenters. The first-order valence-electron chi connectivity index (χ1n) is 4.25. The first-order valence-corrected chi connectivity index (χ1v) is 4.25. The Morgan fingerprint density at radius 2 is 2.17 bits per heavy atom. The van der Waals surface area contributed by atoms with Gasteiger partial charge in [0.2, 0.25) is 0 Å². The lowest BCUT2D eigenvalue weighted by Crippen LogP contribution is -2.24. The summed E-state index contributed by atoms with van der Waals surface area (Å²) in [5, 5.41) is 0. The molecule has 0 fully saturated rings. The van der Waals surface area contributed by atoms with Crippen LogP contribution in [0.3, 0.4) is 0 Å². The van der Waals surface area contributed by atoms with E-state index >= 15 is 0 Å². The van der Waals surface area contributed by atoms with E-state index < -0.39 is 0 Å². The van der Waals surface area contributed by atoms with E-state index in [1.807, 2.05) is 6.92 Å². The first-order chi connectivity index (χ1) is 5.70. The van der Waals surface area contributed by atoms with Crippen LogP contribution < -0.4 is 5.69 Å². The summed E-state index contributed by atoms with van der Waals surface area (Å²) in [6, 6.07) is 0. The Labute approximate surface area is 71.1 Å². The highest BCUT2D eigenvalue weighted by molar-refractivity contribution is 5.28. The third kappa shape index (κ3) is 0.891. The fourth-order valence-corrected chi connectivity index (χ4v) is 1.89. The smallest absolute Gasteiger partial charge is 0.299 e. The molecular formula is C9H12N2O. The average Bonchev–Trinajstić information content (AvgIpc) is 2.48. The summed E-state index contributed by atoms with van der Waals surface area (Å²) in [6.45, 7) is 1.92. The molecule has 0 saturated heterocycles. The maximum atomic E-state index is 11.3. The van der Waals surface area contributed by atoms with E-state index in [0.29, 0.717) is 0 Å². The fourth-order valence-electron chi connectivity index (χ4n) is 1.89. The SMILES string of the molecule is Cc1nc(=O)n(C)c2c1CCC2. The molecule has 1 aromatic rings. The lowest BCUT2D eigenvalue weighted by molar-refractivity contribution is 0.741. The van der Waals surface area contributed by atoms with Gasteiger partial charge >= 0.3 is 5.69 Å². The van der Waals surface area contributed by atoms with Gasteiger partial charge in [0.1, 0.15) is 0 Å². The Kier molecular flexibility index (Phi) is 1.53. The summed E-state index contributed by atoms with van der Waals surface area (Å²) in [5.41, 5.74) is 3.28. The molecular weight excluding hydrogens is 152 g/mol. The van der Waals surface area contributed by atoms with Crippen molar-refractivity contribution in [2.75, 3.05) is 0 Å². The second-order valence-corrected chi connectivity index (χ2v) is 3.32. The van der Waals surface area contributed by atoms with Crippen LogP contribution >= 0.6 is 0 Å². The number of hydrogen-bond donors (Lipinski definition) is 0. The number of nitrogens with zero attached hydrogens (tertiary/aromatic N) is 2. The van der Waals surface area contributed by atoms with Gasteiger partial charge in [0, 0.05) is 18.4 Å². The van der Waals surface area contributed by atoms with Gasteiger partial charge in [0.05, 0.1) is 0 Å². The molecule has 1 heterocycles. The van der Waals surface area contributed by atoms with Crippen LogP contribution in [0.2, 0.25) is 0 Å². The molecule has 12 heavy (non-hydrogen) atoms. The number of aryl methyl sites for hydroxylation is 1. The molecule has 1 aliphatic rings. The van der Waals surface area contributed by atoms with Crippen molar-refractivity contribution in [2.24, 2.45) is 7.05 Å². The van der Waals surface area contributed by atoms with E-state index in [1.165, 1.54) is 11.3 Å². The van der Waals surface area contributed by atoms with Gasteiger partial charge in [-0.3, -0.25) is 4.57 Å². The topological polar surface area (TPSA) is 34.9 Å². The van der Waals surface area contributed by atoms with Crippen molar-refractivity contribution in [1.29, 1.82) is 0 Å². The highest BCUT2D eigenvalue weighted by atomic mass is 16.1. The van der Waals surface area contributed by atoms with Gasteiger partial charge in [0.15, 0.2) is 0 Å². The molecule has 0 aromatic carbocycles. The van der Waals surface area contributed by atoms with Crippen molar-refractivity contribution in [2.45, 2.75) is 26.2 Å². The van der Waals surface area contributed by atoms with Gasteiger partial charge in [0.25, 0.3) is 0 Å².